The lowest BCUT2D eigenvalue weighted by atomic mass is 9.91. The second-order valence-corrected chi connectivity index (χ2v) is 8.67. The molecule has 1 amide bonds. The Morgan fingerprint density at radius 3 is 2.54 bits per heavy atom. The molecule has 1 aromatic heterocycles. The van der Waals surface area contributed by atoms with Gasteiger partial charge >= 0.3 is 0 Å². The lowest BCUT2D eigenvalue weighted by Crippen LogP contribution is -2.17. The van der Waals surface area contributed by atoms with Crippen molar-refractivity contribution >= 4 is 11.7 Å². The number of anilines is 1. The van der Waals surface area contributed by atoms with E-state index in [4.69, 9.17) is 14.7 Å². The number of hydrogen-bond donors (Lipinski definition) is 2. The van der Waals surface area contributed by atoms with Gasteiger partial charge in [-0.15, -0.1) is 0 Å². The Balaban J connectivity index is 1.45. The van der Waals surface area contributed by atoms with E-state index < -0.39 is 0 Å². The molecule has 3 aromatic carbocycles. The normalized spacial score (nSPS) is 11.9. The number of phenolic OH excluding ortho intramolecular Hbond substituents is 1. The van der Waals surface area contributed by atoms with Gasteiger partial charge < -0.3 is 15.2 Å². The topological polar surface area (TPSA) is 84.3 Å². The number of aromatic hydroxyl groups is 1. The molecule has 6 nitrogen and oxygen atoms in total. The number of carbonyl (C=O) groups excluding carboxylic acids is 1. The zero-order chi connectivity index (χ0) is 24.2. The fraction of sp³-hybridized carbons (Fsp3) is 0.207. The minimum absolute atomic E-state index is 0.0869. The highest BCUT2D eigenvalue weighted by atomic mass is 16.5. The summed E-state index contributed by atoms with van der Waals surface area (Å²) >= 11 is 0. The molecule has 0 atom stereocenters. The molecule has 5 rings (SSSR count). The van der Waals surface area contributed by atoms with Crippen molar-refractivity contribution in [2.24, 2.45) is 0 Å². The van der Waals surface area contributed by atoms with Crippen LogP contribution < -0.4 is 10.1 Å². The lowest BCUT2D eigenvalue weighted by molar-refractivity contribution is -0.116. The van der Waals surface area contributed by atoms with Crippen molar-refractivity contribution in [3.05, 3.63) is 89.6 Å². The second kappa shape index (κ2) is 9.97. The predicted octanol–water partition coefficient (Wildman–Crippen LogP) is 5.58. The quantitative estimate of drug-likeness (QED) is 0.372. The number of hydrogen-bond acceptors (Lipinski definition) is 5. The molecule has 0 bridgehead atoms. The van der Waals surface area contributed by atoms with Crippen LogP contribution in [-0.4, -0.2) is 28.1 Å². The number of carbonyl (C=O) groups is 1. The smallest absolute Gasteiger partial charge is 0.225 e. The number of fused-ring (bicyclic) bond motifs is 3. The first-order valence-electron chi connectivity index (χ1n) is 11.8. The third-order valence-electron chi connectivity index (χ3n) is 6.28. The minimum Gasteiger partial charge on any atom is -0.508 e. The minimum atomic E-state index is -0.0869. The van der Waals surface area contributed by atoms with Crippen LogP contribution in [0.5, 0.6) is 11.5 Å². The van der Waals surface area contributed by atoms with Crippen molar-refractivity contribution in [1.29, 1.82) is 0 Å². The first-order chi connectivity index (χ1) is 17.1. The number of ether oxygens (including phenoxy) is 1. The average molecular weight is 466 g/mol. The van der Waals surface area contributed by atoms with Crippen LogP contribution in [0.3, 0.4) is 0 Å². The summed E-state index contributed by atoms with van der Waals surface area (Å²) in [6.45, 7) is 0. The maximum Gasteiger partial charge on any atom is 0.225 e. The molecule has 0 spiro atoms. The standard InChI is InChI=1S/C29H27N3O3/c1-35-23-15-16-24-21(18-23)12-17-25-28(24)32-27(20-10-13-22(33)14-11-20)29(30-25)31-26(34)9-5-8-19-6-3-2-4-7-19/h2-4,6-7,10-11,13-16,18,33H,5,8-9,12,17H2,1H3,(H,30,31,34). The zero-order valence-corrected chi connectivity index (χ0v) is 19.6. The Morgan fingerprint density at radius 1 is 0.971 bits per heavy atom. The summed E-state index contributed by atoms with van der Waals surface area (Å²) in [7, 11) is 1.66. The van der Waals surface area contributed by atoms with Gasteiger partial charge in [0.2, 0.25) is 5.91 Å². The van der Waals surface area contributed by atoms with E-state index in [1.807, 2.05) is 36.4 Å². The van der Waals surface area contributed by atoms with Crippen molar-refractivity contribution in [1.82, 2.24) is 9.97 Å². The van der Waals surface area contributed by atoms with Gasteiger partial charge in [-0.3, -0.25) is 4.79 Å². The first kappa shape index (κ1) is 22.6. The summed E-state index contributed by atoms with van der Waals surface area (Å²) in [5, 5.41) is 12.8. The summed E-state index contributed by atoms with van der Waals surface area (Å²) in [5.41, 5.74) is 6.46. The highest BCUT2D eigenvalue weighted by Gasteiger charge is 2.23. The summed E-state index contributed by atoms with van der Waals surface area (Å²) < 4.78 is 5.39. The number of rotatable bonds is 7. The molecule has 176 valence electrons. The van der Waals surface area contributed by atoms with Gasteiger partial charge in [-0.25, -0.2) is 9.97 Å². The maximum atomic E-state index is 12.8. The van der Waals surface area contributed by atoms with E-state index in [0.29, 0.717) is 17.9 Å². The van der Waals surface area contributed by atoms with E-state index in [0.717, 1.165) is 53.9 Å². The van der Waals surface area contributed by atoms with Gasteiger partial charge in [-0.2, -0.15) is 0 Å². The Kier molecular flexibility index (Phi) is 6.44. The molecule has 1 heterocycles. The molecule has 1 aliphatic carbocycles. The molecule has 6 heteroatoms. The molecule has 0 saturated heterocycles. The zero-order valence-electron chi connectivity index (χ0n) is 19.6. The average Bonchev–Trinajstić information content (AvgIpc) is 2.89. The van der Waals surface area contributed by atoms with E-state index in [9.17, 15) is 9.90 Å². The molecule has 1 aliphatic rings. The van der Waals surface area contributed by atoms with Gasteiger partial charge in [-0.1, -0.05) is 30.3 Å². The van der Waals surface area contributed by atoms with Crippen molar-refractivity contribution < 1.29 is 14.6 Å². The molecule has 0 unspecified atom stereocenters. The van der Waals surface area contributed by atoms with Gasteiger partial charge in [0, 0.05) is 17.5 Å². The molecule has 0 radical (unpaired) electrons. The Morgan fingerprint density at radius 2 is 1.77 bits per heavy atom. The molecule has 4 aromatic rings. The van der Waals surface area contributed by atoms with Crippen LogP contribution in [0, 0.1) is 0 Å². The third-order valence-corrected chi connectivity index (χ3v) is 6.28. The molecule has 0 fully saturated rings. The Hall–Kier alpha value is -4.19. The second-order valence-electron chi connectivity index (χ2n) is 8.67. The number of methoxy groups -OCH3 is 1. The number of nitrogens with zero attached hydrogens (tertiary/aromatic N) is 2. The first-order valence-corrected chi connectivity index (χ1v) is 11.8. The highest BCUT2D eigenvalue weighted by Crippen LogP contribution is 2.37. The van der Waals surface area contributed by atoms with Gasteiger partial charge in [0.05, 0.1) is 18.5 Å². The number of nitrogens with one attached hydrogen (secondary N) is 1. The lowest BCUT2D eigenvalue weighted by Gasteiger charge is -2.21. The van der Waals surface area contributed by atoms with Crippen LogP contribution in [0.1, 0.15) is 29.7 Å². The van der Waals surface area contributed by atoms with Gasteiger partial charge in [-0.05, 0) is 79.3 Å². The summed E-state index contributed by atoms with van der Waals surface area (Å²) in [6.07, 6.45) is 3.55. The van der Waals surface area contributed by atoms with Crippen LogP contribution in [0.25, 0.3) is 22.5 Å². The molecular weight excluding hydrogens is 438 g/mol. The van der Waals surface area contributed by atoms with E-state index in [-0.39, 0.29) is 11.7 Å². The van der Waals surface area contributed by atoms with E-state index in [2.05, 4.69) is 17.4 Å². The van der Waals surface area contributed by atoms with Crippen LogP contribution >= 0.6 is 0 Å². The monoisotopic (exact) mass is 465 g/mol. The van der Waals surface area contributed by atoms with E-state index in [1.54, 1.807) is 31.4 Å². The number of aryl methyl sites for hydroxylation is 3. The predicted molar refractivity (Wildman–Crippen MR) is 137 cm³/mol. The number of aromatic nitrogens is 2. The van der Waals surface area contributed by atoms with Gasteiger partial charge in [0.25, 0.3) is 0 Å². The molecule has 0 saturated carbocycles. The van der Waals surface area contributed by atoms with Crippen molar-refractivity contribution in [3.63, 3.8) is 0 Å². The Bertz CT molecular complexity index is 1350. The van der Waals surface area contributed by atoms with Crippen molar-refractivity contribution in [3.8, 4) is 34.0 Å². The summed E-state index contributed by atoms with van der Waals surface area (Å²) in [5.74, 6) is 1.36. The fourth-order valence-corrected chi connectivity index (χ4v) is 4.45. The number of amides is 1. The molecular formula is C29H27N3O3. The fourth-order valence-electron chi connectivity index (χ4n) is 4.45. The van der Waals surface area contributed by atoms with Crippen LogP contribution in [0.4, 0.5) is 5.82 Å². The molecule has 0 aliphatic heterocycles. The molecule has 2 N–H and O–H groups in total. The third kappa shape index (κ3) is 5.01. The SMILES string of the molecule is COc1ccc2c(c1)CCc1nc(NC(=O)CCCc3ccccc3)c(-c3ccc(O)cc3)nc1-2. The van der Waals surface area contributed by atoms with Gasteiger partial charge in [0.15, 0.2) is 5.82 Å². The van der Waals surface area contributed by atoms with E-state index in [1.165, 1.54) is 11.1 Å². The number of benzene rings is 3. The highest BCUT2D eigenvalue weighted by molar-refractivity contribution is 5.94. The maximum absolute atomic E-state index is 12.8. The number of phenols is 1. The van der Waals surface area contributed by atoms with Crippen molar-refractivity contribution in [2.45, 2.75) is 32.1 Å². The summed E-state index contributed by atoms with van der Waals surface area (Å²) in [6, 6.07) is 22.9. The summed E-state index contributed by atoms with van der Waals surface area (Å²) in [4.78, 5) is 22.7. The van der Waals surface area contributed by atoms with Crippen LogP contribution in [-0.2, 0) is 24.1 Å². The Labute approximate surface area is 204 Å². The largest absolute Gasteiger partial charge is 0.508 e. The molecule has 35 heavy (non-hydrogen) atoms. The van der Waals surface area contributed by atoms with E-state index >= 15 is 0 Å². The van der Waals surface area contributed by atoms with Crippen LogP contribution in [0.15, 0.2) is 72.8 Å². The van der Waals surface area contributed by atoms with Crippen LogP contribution in [0.2, 0.25) is 0 Å². The van der Waals surface area contributed by atoms with Gasteiger partial charge in [0.1, 0.15) is 17.2 Å². The van der Waals surface area contributed by atoms with Crippen molar-refractivity contribution in [2.75, 3.05) is 12.4 Å².